The van der Waals surface area contributed by atoms with Gasteiger partial charge in [-0.05, 0) is 44.1 Å². The molecule has 1 aromatic carbocycles. The highest BCUT2D eigenvalue weighted by atomic mass is 16.5. The zero-order chi connectivity index (χ0) is 15.1. The highest BCUT2D eigenvalue weighted by Crippen LogP contribution is 2.21. The molecule has 1 saturated heterocycles. The molecule has 0 radical (unpaired) electrons. The highest BCUT2D eigenvalue weighted by Gasteiger charge is 2.16. The molecule has 5 heteroatoms. The quantitative estimate of drug-likeness (QED) is 0.639. The van der Waals surface area contributed by atoms with E-state index in [9.17, 15) is 4.79 Å². The topological polar surface area (TPSA) is 73.6 Å². The van der Waals surface area contributed by atoms with Gasteiger partial charge in [-0.1, -0.05) is 11.8 Å². The number of methoxy groups -OCH3 is 1. The van der Waals surface area contributed by atoms with Gasteiger partial charge < -0.3 is 20.5 Å². The summed E-state index contributed by atoms with van der Waals surface area (Å²) in [6.45, 7) is 2.16. The molecule has 2 rings (SSSR count). The Balaban J connectivity index is 2.21. The van der Waals surface area contributed by atoms with Gasteiger partial charge in [0.15, 0.2) is 0 Å². The van der Waals surface area contributed by atoms with E-state index in [1.165, 1.54) is 7.11 Å². The molecule has 0 unspecified atom stereocenters. The zero-order valence-electron chi connectivity index (χ0n) is 12.1. The number of esters is 1. The summed E-state index contributed by atoms with van der Waals surface area (Å²) in [5.74, 6) is 5.96. The van der Waals surface area contributed by atoms with Crippen LogP contribution in [0.5, 0.6) is 5.75 Å². The van der Waals surface area contributed by atoms with Crippen LogP contribution < -0.4 is 15.8 Å². The fraction of sp³-hybridized carbons (Fsp3) is 0.438. The lowest BCUT2D eigenvalue weighted by Crippen LogP contribution is -2.34. The molecule has 0 amide bonds. The number of rotatable bonds is 3. The molecule has 5 nitrogen and oxygen atoms in total. The lowest BCUT2D eigenvalue weighted by atomic mass is 10.1. The smallest absolute Gasteiger partial charge is 0.339 e. The Bertz CT molecular complexity index is 554. The fourth-order valence-corrected chi connectivity index (χ4v) is 2.24. The Morgan fingerprint density at radius 1 is 1.43 bits per heavy atom. The predicted octanol–water partition coefficient (Wildman–Crippen LogP) is 0.914. The van der Waals surface area contributed by atoms with Gasteiger partial charge in [-0.15, -0.1) is 0 Å². The largest absolute Gasteiger partial charge is 0.490 e. The van der Waals surface area contributed by atoms with E-state index in [0.717, 1.165) is 31.7 Å². The molecular formula is C16H20N2O3. The molecule has 0 atom stereocenters. The number of ether oxygens (including phenoxy) is 2. The maximum absolute atomic E-state index is 11.7. The van der Waals surface area contributed by atoms with Crippen LogP contribution in [-0.4, -0.2) is 38.8 Å². The number of benzene rings is 1. The second-order valence-electron chi connectivity index (χ2n) is 4.77. The zero-order valence-corrected chi connectivity index (χ0v) is 12.1. The van der Waals surface area contributed by atoms with Crippen molar-refractivity contribution in [1.82, 2.24) is 5.32 Å². The van der Waals surface area contributed by atoms with Crippen LogP contribution in [0.1, 0.15) is 28.8 Å². The van der Waals surface area contributed by atoms with Gasteiger partial charge in [0.05, 0.1) is 19.2 Å². The lowest BCUT2D eigenvalue weighted by Gasteiger charge is -2.24. The Morgan fingerprint density at radius 3 is 2.86 bits per heavy atom. The summed E-state index contributed by atoms with van der Waals surface area (Å²) in [6.07, 6.45) is 2.15. The number of carbonyl (C=O) groups excluding carboxylic acids is 1. The molecule has 1 fully saturated rings. The van der Waals surface area contributed by atoms with E-state index in [1.54, 1.807) is 18.2 Å². The minimum Gasteiger partial charge on any atom is -0.490 e. The molecule has 1 aromatic rings. The summed E-state index contributed by atoms with van der Waals surface area (Å²) in [5, 5.41) is 3.29. The van der Waals surface area contributed by atoms with Gasteiger partial charge >= 0.3 is 5.97 Å². The first-order valence-corrected chi connectivity index (χ1v) is 7.03. The van der Waals surface area contributed by atoms with Crippen molar-refractivity contribution < 1.29 is 14.3 Å². The van der Waals surface area contributed by atoms with E-state index < -0.39 is 5.97 Å². The third-order valence-corrected chi connectivity index (χ3v) is 3.31. The van der Waals surface area contributed by atoms with Crippen LogP contribution in [0.25, 0.3) is 0 Å². The maximum atomic E-state index is 11.7. The van der Waals surface area contributed by atoms with Gasteiger partial charge in [-0.25, -0.2) is 4.79 Å². The second kappa shape index (κ2) is 7.67. The Hall–Kier alpha value is -2.03. The van der Waals surface area contributed by atoms with Gasteiger partial charge in [0.25, 0.3) is 0 Å². The summed E-state index contributed by atoms with van der Waals surface area (Å²) in [6, 6.07) is 5.24. The molecule has 112 valence electrons. The standard InChI is InChI=1S/C16H20N2O3/c1-20-16(19)15-5-4-14(11-12(15)3-2-8-17)21-13-6-9-18-10-7-13/h4-5,11,13,18H,6-10,17H2,1H3. The van der Waals surface area contributed by atoms with Gasteiger partial charge in [-0.3, -0.25) is 0 Å². The van der Waals surface area contributed by atoms with Crippen molar-refractivity contribution in [2.45, 2.75) is 18.9 Å². The third-order valence-electron chi connectivity index (χ3n) is 3.31. The number of hydrogen-bond acceptors (Lipinski definition) is 5. The lowest BCUT2D eigenvalue weighted by molar-refractivity contribution is 0.0600. The summed E-state index contributed by atoms with van der Waals surface area (Å²) < 4.78 is 10.7. The monoisotopic (exact) mass is 288 g/mol. The highest BCUT2D eigenvalue weighted by molar-refractivity contribution is 5.92. The molecule has 3 N–H and O–H groups in total. The first kappa shape index (κ1) is 15.4. The molecule has 0 bridgehead atoms. The molecule has 0 aromatic heterocycles. The first-order chi connectivity index (χ1) is 10.2. The molecule has 0 saturated carbocycles. The SMILES string of the molecule is COC(=O)c1ccc(OC2CCNCC2)cc1C#CCN. The molecule has 1 aliphatic rings. The normalized spacial score (nSPS) is 15.0. The summed E-state index contributed by atoms with van der Waals surface area (Å²) in [4.78, 5) is 11.7. The molecule has 0 spiro atoms. The van der Waals surface area contributed by atoms with Gasteiger partial charge in [0.1, 0.15) is 11.9 Å². The van der Waals surface area contributed by atoms with E-state index in [2.05, 4.69) is 17.2 Å². The van der Waals surface area contributed by atoms with Crippen molar-refractivity contribution in [3.8, 4) is 17.6 Å². The number of nitrogens with two attached hydrogens (primary N) is 1. The molecule has 1 heterocycles. The molecule has 1 aliphatic heterocycles. The van der Waals surface area contributed by atoms with Crippen LogP contribution in [0.15, 0.2) is 18.2 Å². The Morgan fingerprint density at radius 2 is 2.19 bits per heavy atom. The average Bonchev–Trinajstić information content (AvgIpc) is 2.53. The number of carbonyl (C=O) groups is 1. The maximum Gasteiger partial charge on any atom is 0.339 e. The minimum atomic E-state index is -0.412. The Kier molecular flexibility index (Phi) is 5.61. The van der Waals surface area contributed by atoms with Crippen molar-refractivity contribution in [1.29, 1.82) is 0 Å². The van der Waals surface area contributed by atoms with E-state index in [1.807, 2.05) is 0 Å². The van der Waals surface area contributed by atoms with Crippen molar-refractivity contribution in [3.05, 3.63) is 29.3 Å². The van der Waals surface area contributed by atoms with E-state index in [0.29, 0.717) is 11.1 Å². The van der Waals surface area contributed by atoms with Crippen LogP contribution in [0.3, 0.4) is 0 Å². The minimum absolute atomic E-state index is 0.200. The van der Waals surface area contributed by atoms with Gasteiger partial charge in [-0.2, -0.15) is 0 Å². The summed E-state index contributed by atoms with van der Waals surface area (Å²) >= 11 is 0. The summed E-state index contributed by atoms with van der Waals surface area (Å²) in [7, 11) is 1.35. The number of piperidine rings is 1. The van der Waals surface area contributed by atoms with E-state index in [-0.39, 0.29) is 12.6 Å². The van der Waals surface area contributed by atoms with Crippen LogP contribution in [0, 0.1) is 11.8 Å². The van der Waals surface area contributed by atoms with Crippen LogP contribution in [0.4, 0.5) is 0 Å². The first-order valence-electron chi connectivity index (χ1n) is 7.03. The van der Waals surface area contributed by atoms with Crippen molar-refractivity contribution >= 4 is 5.97 Å². The number of nitrogens with one attached hydrogen (secondary N) is 1. The Labute approximate surface area is 124 Å². The van der Waals surface area contributed by atoms with Crippen molar-refractivity contribution in [2.75, 3.05) is 26.7 Å². The van der Waals surface area contributed by atoms with Crippen LogP contribution >= 0.6 is 0 Å². The average molecular weight is 288 g/mol. The fourth-order valence-electron chi connectivity index (χ4n) is 2.24. The van der Waals surface area contributed by atoms with Crippen molar-refractivity contribution in [3.63, 3.8) is 0 Å². The van der Waals surface area contributed by atoms with Crippen molar-refractivity contribution in [2.24, 2.45) is 5.73 Å². The van der Waals surface area contributed by atoms with E-state index in [4.69, 9.17) is 15.2 Å². The summed E-state index contributed by atoms with van der Waals surface area (Å²) in [5.41, 5.74) is 6.40. The second-order valence-corrected chi connectivity index (χ2v) is 4.77. The van der Waals surface area contributed by atoms with Gasteiger partial charge in [0, 0.05) is 5.56 Å². The van der Waals surface area contributed by atoms with Gasteiger partial charge in [0.2, 0.25) is 0 Å². The molecule has 0 aliphatic carbocycles. The molecular weight excluding hydrogens is 268 g/mol. The van der Waals surface area contributed by atoms with E-state index >= 15 is 0 Å². The predicted molar refractivity (Wildman–Crippen MR) is 80.2 cm³/mol. The number of hydrogen-bond donors (Lipinski definition) is 2. The molecule has 21 heavy (non-hydrogen) atoms. The van der Waals surface area contributed by atoms with Crippen LogP contribution in [-0.2, 0) is 4.74 Å². The third kappa shape index (κ3) is 4.22. The van der Waals surface area contributed by atoms with Crippen LogP contribution in [0.2, 0.25) is 0 Å².